The van der Waals surface area contributed by atoms with Crippen molar-refractivity contribution in [1.29, 1.82) is 0 Å². The van der Waals surface area contributed by atoms with Gasteiger partial charge in [0.05, 0.1) is 0 Å². The van der Waals surface area contributed by atoms with E-state index in [1.807, 2.05) is 0 Å². The Morgan fingerprint density at radius 3 is 2.57 bits per heavy atom. The third-order valence-corrected chi connectivity index (χ3v) is 3.24. The summed E-state index contributed by atoms with van der Waals surface area (Å²) in [6.07, 6.45) is 0. The summed E-state index contributed by atoms with van der Waals surface area (Å²) in [6.45, 7) is 0. The molecule has 1 fully saturated rings. The van der Waals surface area contributed by atoms with Crippen LogP contribution < -0.4 is 5.32 Å². The predicted molar refractivity (Wildman–Crippen MR) is 55.3 cm³/mol. The Morgan fingerprint density at radius 1 is 1.29 bits per heavy atom. The number of carbonyl (C=O) groups is 2. The fourth-order valence-corrected chi connectivity index (χ4v) is 2.43. The minimum Gasteiger partial charge on any atom is -0.286 e. The van der Waals surface area contributed by atoms with E-state index in [2.05, 4.69) is 5.32 Å². The van der Waals surface area contributed by atoms with E-state index >= 15 is 0 Å². The number of thioether (sulfide) groups is 1. The molecular weight excluding hydrogens is 222 g/mol. The molecule has 1 aliphatic heterocycles. The van der Waals surface area contributed by atoms with Crippen molar-refractivity contribution >= 4 is 34.5 Å². The van der Waals surface area contributed by atoms with Crippen LogP contribution in [0.4, 0.5) is 4.79 Å². The number of rotatable bonds is 1. The Hall–Kier alpha value is -1.000. The Kier molecular flexibility index (Phi) is 2.48. The molecule has 2 rings (SSSR count). The average Bonchev–Trinajstić information content (AvgIpc) is 2.46. The molecule has 1 unspecified atom stereocenters. The standard InChI is InChI=1S/C9H6ClNO2S/c10-6-4-2-1-3-5(6)7-8(12)11-9(13)14-7/h1-4,7H,(H,11,12,13). The minimum absolute atomic E-state index is 0.298. The van der Waals surface area contributed by atoms with Crippen LogP contribution in [0.3, 0.4) is 0 Å². The maximum atomic E-state index is 11.3. The maximum Gasteiger partial charge on any atom is 0.286 e. The molecule has 0 bridgehead atoms. The lowest BCUT2D eigenvalue weighted by Gasteiger charge is -2.06. The highest BCUT2D eigenvalue weighted by Crippen LogP contribution is 2.37. The van der Waals surface area contributed by atoms with Gasteiger partial charge in [0.25, 0.3) is 5.24 Å². The van der Waals surface area contributed by atoms with E-state index < -0.39 is 5.25 Å². The Bertz CT molecular complexity index is 408. The average molecular weight is 228 g/mol. The molecule has 3 nitrogen and oxygen atoms in total. The SMILES string of the molecule is O=C1NC(=O)C(c2ccccc2Cl)S1. The molecule has 1 atom stereocenters. The van der Waals surface area contributed by atoms with Gasteiger partial charge in [-0.25, -0.2) is 0 Å². The summed E-state index contributed by atoms with van der Waals surface area (Å²) in [4.78, 5) is 22.3. The molecule has 14 heavy (non-hydrogen) atoms. The molecule has 1 heterocycles. The van der Waals surface area contributed by atoms with E-state index in [9.17, 15) is 9.59 Å². The predicted octanol–water partition coefficient (Wildman–Crippen LogP) is 2.36. The highest BCUT2D eigenvalue weighted by atomic mass is 35.5. The van der Waals surface area contributed by atoms with E-state index in [4.69, 9.17) is 11.6 Å². The number of benzene rings is 1. The lowest BCUT2D eigenvalue weighted by molar-refractivity contribution is -0.119. The summed E-state index contributed by atoms with van der Waals surface area (Å²) >= 11 is 6.87. The van der Waals surface area contributed by atoms with Crippen molar-refractivity contribution < 1.29 is 9.59 Å². The summed E-state index contributed by atoms with van der Waals surface area (Å²) in [5.41, 5.74) is 0.683. The molecule has 1 aliphatic rings. The monoisotopic (exact) mass is 227 g/mol. The van der Waals surface area contributed by atoms with Crippen molar-refractivity contribution in [2.24, 2.45) is 0 Å². The largest absolute Gasteiger partial charge is 0.286 e. The first kappa shape index (κ1) is 9.55. The molecule has 0 spiro atoms. The van der Waals surface area contributed by atoms with Gasteiger partial charge in [0, 0.05) is 5.02 Å². The normalized spacial score (nSPS) is 21.1. The van der Waals surface area contributed by atoms with Crippen LogP contribution in [0, 0.1) is 0 Å². The van der Waals surface area contributed by atoms with Crippen molar-refractivity contribution in [3.63, 3.8) is 0 Å². The number of nitrogens with one attached hydrogen (secondary N) is 1. The first-order valence-electron chi connectivity index (χ1n) is 3.94. The van der Waals surface area contributed by atoms with Gasteiger partial charge in [-0.2, -0.15) is 0 Å². The van der Waals surface area contributed by atoms with E-state index in [0.717, 1.165) is 11.8 Å². The molecule has 72 valence electrons. The molecule has 1 saturated heterocycles. The van der Waals surface area contributed by atoms with Gasteiger partial charge in [-0.1, -0.05) is 29.8 Å². The Labute approximate surface area is 89.8 Å². The first-order valence-corrected chi connectivity index (χ1v) is 5.20. The number of amides is 2. The maximum absolute atomic E-state index is 11.3. The van der Waals surface area contributed by atoms with Crippen molar-refractivity contribution in [3.8, 4) is 0 Å². The molecule has 1 N–H and O–H groups in total. The van der Waals surface area contributed by atoms with Crippen LogP contribution in [0.2, 0.25) is 5.02 Å². The van der Waals surface area contributed by atoms with Crippen molar-refractivity contribution in [1.82, 2.24) is 5.32 Å². The Balaban J connectivity index is 2.36. The zero-order valence-corrected chi connectivity index (χ0v) is 8.56. The number of imide groups is 1. The first-order chi connectivity index (χ1) is 6.68. The molecular formula is C9H6ClNO2S. The topological polar surface area (TPSA) is 46.2 Å². The lowest BCUT2D eigenvalue weighted by atomic mass is 10.1. The van der Waals surface area contributed by atoms with Crippen LogP contribution >= 0.6 is 23.4 Å². The smallest absolute Gasteiger partial charge is 0.286 e. The van der Waals surface area contributed by atoms with Crippen molar-refractivity contribution in [3.05, 3.63) is 34.9 Å². The van der Waals surface area contributed by atoms with Crippen molar-refractivity contribution in [2.75, 3.05) is 0 Å². The van der Waals surface area contributed by atoms with Gasteiger partial charge in [-0.3, -0.25) is 14.9 Å². The van der Waals surface area contributed by atoms with Gasteiger partial charge in [0.2, 0.25) is 5.91 Å². The molecule has 5 heteroatoms. The second-order valence-electron chi connectivity index (χ2n) is 2.80. The highest BCUT2D eigenvalue weighted by molar-refractivity contribution is 8.15. The number of carbonyl (C=O) groups excluding carboxylic acids is 2. The van der Waals surface area contributed by atoms with E-state index in [1.165, 1.54) is 0 Å². The number of halogens is 1. The zero-order valence-electron chi connectivity index (χ0n) is 6.99. The van der Waals surface area contributed by atoms with Gasteiger partial charge in [-0.15, -0.1) is 0 Å². The molecule has 1 aromatic carbocycles. The molecule has 0 radical (unpaired) electrons. The second-order valence-corrected chi connectivity index (χ2v) is 4.28. The van der Waals surface area contributed by atoms with Crippen LogP contribution in [0.15, 0.2) is 24.3 Å². The molecule has 0 aliphatic carbocycles. The summed E-state index contributed by atoms with van der Waals surface area (Å²) in [6, 6.07) is 7.02. The van der Waals surface area contributed by atoms with Crippen LogP contribution in [-0.4, -0.2) is 11.1 Å². The van der Waals surface area contributed by atoms with Gasteiger partial charge in [0.15, 0.2) is 0 Å². The van der Waals surface area contributed by atoms with Crippen LogP contribution in [-0.2, 0) is 4.79 Å². The molecule has 0 aromatic heterocycles. The third-order valence-electron chi connectivity index (χ3n) is 1.88. The van der Waals surface area contributed by atoms with E-state index in [-0.39, 0.29) is 11.1 Å². The van der Waals surface area contributed by atoms with Gasteiger partial charge < -0.3 is 0 Å². The zero-order chi connectivity index (χ0) is 10.1. The summed E-state index contributed by atoms with van der Waals surface area (Å²) in [5.74, 6) is -0.298. The van der Waals surface area contributed by atoms with Crippen LogP contribution in [0.25, 0.3) is 0 Å². The highest BCUT2D eigenvalue weighted by Gasteiger charge is 2.33. The summed E-state index contributed by atoms with van der Waals surface area (Å²) in [7, 11) is 0. The van der Waals surface area contributed by atoms with Gasteiger partial charge >= 0.3 is 0 Å². The Morgan fingerprint density at radius 2 is 2.00 bits per heavy atom. The van der Waals surface area contributed by atoms with E-state index in [0.29, 0.717) is 10.6 Å². The van der Waals surface area contributed by atoms with Gasteiger partial charge in [0.1, 0.15) is 5.25 Å². The second kappa shape index (κ2) is 3.63. The fraction of sp³-hybridized carbons (Fsp3) is 0.111. The van der Waals surface area contributed by atoms with Crippen molar-refractivity contribution in [2.45, 2.75) is 5.25 Å². The molecule has 0 saturated carbocycles. The molecule has 1 aromatic rings. The number of hydrogen-bond acceptors (Lipinski definition) is 3. The van der Waals surface area contributed by atoms with E-state index in [1.54, 1.807) is 24.3 Å². The summed E-state index contributed by atoms with van der Waals surface area (Å²) < 4.78 is 0. The molecule has 2 amide bonds. The quantitative estimate of drug-likeness (QED) is 0.801. The van der Waals surface area contributed by atoms with Crippen LogP contribution in [0.1, 0.15) is 10.8 Å². The fourth-order valence-electron chi connectivity index (χ4n) is 1.25. The summed E-state index contributed by atoms with van der Waals surface area (Å²) in [5, 5.41) is 1.91. The van der Waals surface area contributed by atoms with Crippen LogP contribution in [0.5, 0.6) is 0 Å². The third kappa shape index (κ3) is 1.63. The minimum atomic E-state index is -0.504. The number of hydrogen-bond donors (Lipinski definition) is 1. The van der Waals surface area contributed by atoms with Gasteiger partial charge in [-0.05, 0) is 23.4 Å². The lowest BCUT2D eigenvalue weighted by Crippen LogP contribution is -2.20.